The molecule has 0 bridgehead atoms. The predicted molar refractivity (Wildman–Crippen MR) is 416 cm³/mol. The minimum absolute atomic E-state index is 0.0726. The van der Waals surface area contributed by atoms with Gasteiger partial charge in [-0.1, -0.05) is 375 Å². The van der Waals surface area contributed by atoms with Crippen LogP contribution in [0.5, 0.6) is 0 Å². The van der Waals surface area contributed by atoms with Crippen molar-refractivity contribution in [2.75, 3.05) is 13.2 Å². The number of unbranched alkanes of at least 4 members (excludes halogenated alkanes) is 30. The van der Waals surface area contributed by atoms with Gasteiger partial charge >= 0.3 is 11.9 Å². The van der Waals surface area contributed by atoms with E-state index in [1.165, 1.54) is 167 Å². The van der Waals surface area contributed by atoms with Crippen LogP contribution in [0.4, 0.5) is 0 Å². The van der Waals surface area contributed by atoms with E-state index in [4.69, 9.17) is 9.47 Å². The molecule has 0 aromatic carbocycles. The van der Waals surface area contributed by atoms with Gasteiger partial charge in [-0.2, -0.15) is 0 Å². The van der Waals surface area contributed by atoms with E-state index in [1.54, 1.807) is 0 Å². The zero-order chi connectivity index (χ0) is 67.5. The fraction of sp³-hybridized carbons (Fsp3) is 0.618. The zero-order valence-corrected chi connectivity index (χ0v) is 60.9. The van der Waals surface area contributed by atoms with Gasteiger partial charge in [0, 0.05) is 12.8 Å². The van der Waals surface area contributed by atoms with Crippen molar-refractivity contribution in [3.8, 4) is 0 Å². The molecular formula is C89H144O5. The molecule has 5 heteroatoms. The van der Waals surface area contributed by atoms with Crippen molar-refractivity contribution in [3.05, 3.63) is 194 Å². The summed E-state index contributed by atoms with van der Waals surface area (Å²) in [5.41, 5.74) is 0. The van der Waals surface area contributed by atoms with E-state index in [1.807, 2.05) is 0 Å². The van der Waals surface area contributed by atoms with Crippen LogP contribution in [-0.2, 0) is 19.1 Å². The second-order valence-corrected chi connectivity index (χ2v) is 25.3. The molecule has 0 heterocycles. The monoisotopic (exact) mass is 1290 g/mol. The highest BCUT2D eigenvalue weighted by molar-refractivity contribution is 5.70. The van der Waals surface area contributed by atoms with Crippen molar-refractivity contribution in [2.24, 2.45) is 0 Å². The summed E-state index contributed by atoms with van der Waals surface area (Å²) in [7, 11) is 0. The van der Waals surface area contributed by atoms with Crippen molar-refractivity contribution < 1.29 is 24.2 Å². The molecule has 0 rings (SSSR count). The van der Waals surface area contributed by atoms with Crippen molar-refractivity contribution in [2.45, 2.75) is 341 Å². The van der Waals surface area contributed by atoms with Gasteiger partial charge in [0.25, 0.3) is 0 Å². The predicted octanol–water partition coefficient (Wildman–Crippen LogP) is 27.9. The molecule has 0 aliphatic heterocycles. The molecule has 530 valence electrons. The van der Waals surface area contributed by atoms with Crippen LogP contribution in [0.1, 0.15) is 335 Å². The smallest absolute Gasteiger partial charge is 0.306 e. The number of aliphatic hydroxyl groups excluding tert-OH is 1. The summed E-state index contributed by atoms with van der Waals surface area (Å²) in [5, 5.41) is 9.73. The number of rotatable bonds is 70. The molecule has 1 unspecified atom stereocenters. The van der Waals surface area contributed by atoms with E-state index in [0.29, 0.717) is 12.8 Å². The van der Waals surface area contributed by atoms with E-state index < -0.39 is 6.10 Å². The fourth-order valence-electron chi connectivity index (χ4n) is 10.6. The van der Waals surface area contributed by atoms with Gasteiger partial charge in [-0.3, -0.25) is 9.59 Å². The Kier molecular flexibility index (Phi) is 77.4. The summed E-state index contributed by atoms with van der Waals surface area (Å²) < 4.78 is 10.8. The van der Waals surface area contributed by atoms with Gasteiger partial charge in [-0.05, 0) is 141 Å². The molecule has 1 atom stereocenters. The number of hydrogen-bond acceptors (Lipinski definition) is 5. The number of esters is 2. The van der Waals surface area contributed by atoms with Gasteiger partial charge in [0.1, 0.15) is 6.61 Å². The molecule has 0 saturated heterocycles. The van der Waals surface area contributed by atoms with Gasteiger partial charge in [0.15, 0.2) is 6.10 Å². The van der Waals surface area contributed by atoms with Gasteiger partial charge < -0.3 is 14.6 Å². The zero-order valence-electron chi connectivity index (χ0n) is 60.9. The molecule has 0 spiro atoms. The maximum absolute atomic E-state index is 12.4. The largest absolute Gasteiger partial charge is 0.462 e. The molecule has 1 N–H and O–H groups in total. The third kappa shape index (κ3) is 79.2. The van der Waals surface area contributed by atoms with Gasteiger partial charge in [-0.25, -0.2) is 0 Å². The number of carbonyl (C=O) groups excluding carboxylic acids is 2. The van der Waals surface area contributed by atoms with E-state index in [0.717, 1.165) is 141 Å². The highest BCUT2D eigenvalue weighted by Gasteiger charge is 2.16. The minimum atomic E-state index is -0.785. The van der Waals surface area contributed by atoms with Gasteiger partial charge in [0.05, 0.1) is 6.61 Å². The maximum Gasteiger partial charge on any atom is 0.306 e. The van der Waals surface area contributed by atoms with Crippen molar-refractivity contribution in [1.29, 1.82) is 0 Å². The average Bonchev–Trinajstić information content (AvgIpc) is 3.77. The molecule has 0 saturated carbocycles. The van der Waals surface area contributed by atoms with Crippen molar-refractivity contribution >= 4 is 11.9 Å². The first-order valence-corrected chi connectivity index (χ1v) is 39.0. The van der Waals surface area contributed by atoms with Crippen molar-refractivity contribution in [3.63, 3.8) is 0 Å². The molecule has 0 aliphatic rings. The molecule has 0 aliphatic carbocycles. The summed E-state index contributed by atoms with van der Waals surface area (Å²) in [5.74, 6) is -0.590. The number of allylic oxidation sites excluding steroid dienone is 32. The lowest BCUT2D eigenvalue weighted by atomic mass is 10.0. The Morgan fingerprint density at radius 1 is 0.245 bits per heavy atom. The summed E-state index contributed by atoms with van der Waals surface area (Å²) in [6.07, 6.45) is 129. The van der Waals surface area contributed by atoms with Crippen LogP contribution in [0.2, 0.25) is 0 Å². The second-order valence-electron chi connectivity index (χ2n) is 25.3. The third-order valence-corrected chi connectivity index (χ3v) is 16.4. The molecule has 0 aromatic heterocycles. The van der Waals surface area contributed by atoms with Crippen LogP contribution in [0, 0.1) is 0 Å². The van der Waals surface area contributed by atoms with Crippen LogP contribution in [0.3, 0.4) is 0 Å². The van der Waals surface area contributed by atoms with Gasteiger partial charge in [-0.15, -0.1) is 0 Å². The molecule has 0 aromatic rings. The number of ether oxygens (including phenoxy) is 2. The second kappa shape index (κ2) is 82.0. The Labute approximate surface area is 581 Å². The summed E-state index contributed by atoms with van der Waals surface area (Å²) in [6, 6.07) is 0. The Balaban J connectivity index is 3.51. The van der Waals surface area contributed by atoms with Crippen LogP contribution >= 0.6 is 0 Å². The van der Waals surface area contributed by atoms with Gasteiger partial charge in [0.2, 0.25) is 0 Å². The Morgan fingerprint density at radius 2 is 0.426 bits per heavy atom. The highest BCUT2D eigenvalue weighted by Crippen LogP contribution is 2.17. The topological polar surface area (TPSA) is 72.8 Å². The molecule has 0 fully saturated rings. The van der Waals surface area contributed by atoms with E-state index in [-0.39, 0.29) is 25.2 Å². The summed E-state index contributed by atoms with van der Waals surface area (Å²) >= 11 is 0. The Bertz CT molecular complexity index is 2110. The highest BCUT2D eigenvalue weighted by atomic mass is 16.6. The van der Waals surface area contributed by atoms with E-state index in [2.05, 4.69) is 208 Å². The quantitative estimate of drug-likeness (QED) is 0.0373. The van der Waals surface area contributed by atoms with E-state index >= 15 is 0 Å². The Morgan fingerprint density at radius 3 is 0.638 bits per heavy atom. The lowest BCUT2D eigenvalue weighted by Gasteiger charge is -2.15. The standard InChI is InChI=1S/C89H144O5/c1-3-5-7-9-11-13-15-17-19-21-23-25-27-29-31-33-35-37-39-41-43-44-46-48-50-52-54-56-58-60-62-64-66-68-70-72-74-76-78-80-82-84-89(92)94-87(85-90)86-93-88(91)83-81-79-77-75-73-71-69-67-65-63-61-59-57-55-53-51-49-47-45-42-40-38-36-34-32-30-28-26-24-22-20-18-16-14-12-10-8-6-4-2/h5-8,11-14,17-20,23-26,29-32,35-38,41-43,45-46,48-49,51,87,90H,3-4,9-10,15-16,21-22,27-28,33-34,39-40,44,47,50,52-86H2,1-2H3/b7-5-,8-6-,13-11-,14-12-,19-17-,20-18-,25-23-,26-24-,31-29-,32-30-,37-35-,38-36-,43-41-,45-42-,48-46-,51-49-. The SMILES string of the molecule is CC/C=C\C/C=C\C/C=C\C/C=C\C/C=C\C/C=C\C/C=C\C/C=C\CCCCCCCCCCCCCCCCCCC(=O)OC(CO)COC(=O)CCCCCCCCCCCCCCCC/C=C\C/C=C\C/C=C\C/C=C\C/C=C\C/C=C\C/C=C\C/C=C\CC. The van der Waals surface area contributed by atoms with Crippen LogP contribution in [0.25, 0.3) is 0 Å². The Hall–Kier alpha value is -5.26. The fourth-order valence-corrected chi connectivity index (χ4v) is 10.6. The van der Waals surface area contributed by atoms with Crippen LogP contribution in [-0.4, -0.2) is 36.4 Å². The minimum Gasteiger partial charge on any atom is -0.462 e. The first kappa shape index (κ1) is 88.7. The number of hydrogen-bond donors (Lipinski definition) is 1. The van der Waals surface area contributed by atoms with Crippen molar-refractivity contribution in [1.82, 2.24) is 0 Å². The molecule has 94 heavy (non-hydrogen) atoms. The normalized spacial score (nSPS) is 13.4. The molecule has 0 radical (unpaired) electrons. The maximum atomic E-state index is 12.4. The lowest BCUT2D eigenvalue weighted by Crippen LogP contribution is -2.28. The lowest BCUT2D eigenvalue weighted by molar-refractivity contribution is -0.161. The average molecular weight is 1290 g/mol. The molecule has 5 nitrogen and oxygen atoms in total. The summed E-state index contributed by atoms with van der Waals surface area (Å²) in [6.45, 7) is 3.93. The number of aliphatic hydroxyl groups is 1. The first-order valence-electron chi connectivity index (χ1n) is 39.0. The first-order chi connectivity index (χ1) is 46.6. The van der Waals surface area contributed by atoms with E-state index in [9.17, 15) is 14.7 Å². The molecule has 0 amide bonds. The van der Waals surface area contributed by atoms with Crippen LogP contribution < -0.4 is 0 Å². The summed E-state index contributed by atoms with van der Waals surface area (Å²) in [4.78, 5) is 24.7. The number of carbonyl (C=O) groups is 2. The third-order valence-electron chi connectivity index (χ3n) is 16.4. The molecular weight excluding hydrogens is 1150 g/mol. The van der Waals surface area contributed by atoms with Crippen LogP contribution in [0.15, 0.2) is 194 Å².